The number of nitrogens with zero attached hydrogens (tertiary/aromatic N) is 3. The molecule has 0 radical (unpaired) electrons. The second-order valence-corrected chi connectivity index (χ2v) is 12.6. The molecule has 1 unspecified atom stereocenters. The van der Waals surface area contributed by atoms with Crippen molar-refractivity contribution in [3.63, 3.8) is 0 Å². The third-order valence-corrected chi connectivity index (χ3v) is 7.91. The summed E-state index contributed by atoms with van der Waals surface area (Å²) in [6.07, 6.45) is 0.359. The van der Waals surface area contributed by atoms with Crippen LogP contribution in [0.4, 0.5) is 4.79 Å². The van der Waals surface area contributed by atoms with E-state index in [-0.39, 0.29) is 29.0 Å². The molecule has 0 aliphatic rings. The number of hydrogen-bond acceptors (Lipinski definition) is 6. The highest BCUT2D eigenvalue weighted by Gasteiger charge is 2.19. The summed E-state index contributed by atoms with van der Waals surface area (Å²) in [5.74, 6) is 0.151. The van der Waals surface area contributed by atoms with E-state index in [1.807, 2.05) is 32.0 Å². The van der Waals surface area contributed by atoms with Crippen LogP contribution < -0.4 is 10.9 Å². The summed E-state index contributed by atoms with van der Waals surface area (Å²) in [5.41, 5.74) is 10.1. The maximum atomic E-state index is 13.5. The number of aromatic nitrogens is 1. The summed E-state index contributed by atoms with van der Waals surface area (Å²) in [5, 5.41) is 5.40. The lowest BCUT2D eigenvalue weighted by Crippen LogP contribution is -2.35. The molecule has 0 saturated heterocycles. The fourth-order valence-corrected chi connectivity index (χ4v) is 5.56. The topological polar surface area (TPSA) is 158 Å². The molecule has 3 aromatic carbocycles. The molecule has 0 aliphatic heterocycles. The van der Waals surface area contributed by atoms with Gasteiger partial charge in [-0.05, 0) is 53.8 Å². The molecule has 4 aromatic rings. The molecule has 0 bridgehead atoms. The van der Waals surface area contributed by atoms with E-state index in [0.717, 1.165) is 11.1 Å². The number of primary sulfonamides is 1. The standard InChI is InChI=1S/C34H37N5O5S/c1-23(2)21-39(32(40)20-25-14-16-27(17-15-25)29-11-4-5-13-31(29)45(36,42)43)22-26-9-8-10-28(19-26)33(35)38-34(41)44-24(3)30-12-6-7-18-37-30/h4-19,23-24H,20-22H2,1-3H3,(H2,35,38,41)(H2,36,42,43). The van der Waals surface area contributed by atoms with E-state index in [4.69, 9.17) is 15.6 Å². The summed E-state index contributed by atoms with van der Waals surface area (Å²) < 4.78 is 29.4. The molecule has 0 spiro atoms. The maximum absolute atomic E-state index is 13.5. The van der Waals surface area contributed by atoms with Crippen LogP contribution in [0.15, 0.2) is 107 Å². The SMILES string of the molecule is CC(C)CN(Cc1cccc(C(N)=NC(=O)OC(C)c2ccccn2)c1)C(=O)Cc1ccc(-c2ccccc2S(N)(=O)=O)cc1. The quantitative estimate of drug-likeness (QED) is 0.170. The predicted octanol–water partition coefficient (Wildman–Crippen LogP) is 5.23. The highest BCUT2D eigenvalue weighted by Crippen LogP contribution is 2.27. The lowest BCUT2D eigenvalue weighted by molar-refractivity contribution is -0.131. The van der Waals surface area contributed by atoms with E-state index in [2.05, 4.69) is 9.98 Å². The fraction of sp³-hybridized carbons (Fsp3) is 0.235. The lowest BCUT2D eigenvalue weighted by Gasteiger charge is -2.25. The molecule has 1 aromatic heterocycles. The molecule has 1 atom stereocenters. The van der Waals surface area contributed by atoms with Crippen LogP contribution in [0, 0.1) is 5.92 Å². The fourth-order valence-electron chi connectivity index (χ4n) is 4.80. The van der Waals surface area contributed by atoms with Gasteiger partial charge in [0, 0.05) is 30.4 Å². The number of sulfonamides is 1. The summed E-state index contributed by atoms with van der Waals surface area (Å²) in [7, 11) is -3.89. The van der Waals surface area contributed by atoms with E-state index in [1.165, 1.54) is 6.07 Å². The van der Waals surface area contributed by atoms with Gasteiger partial charge in [0.05, 0.1) is 17.0 Å². The van der Waals surface area contributed by atoms with Gasteiger partial charge in [0.2, 0.25) is 15.9 Å². The van der Waals surface area contributed by atoms with Gasteiger partial charge in [0.15, 0.2) is 0 Å². The van der Waals surface area contributed by atoms with Gasteiger partial charge in [-0.15, -0.1) is 0 Å². The Morgan fingerprint density at radius 1 is 0.911 bits per heavy atom. The molecule has 11 heteroatoms. The molecule has 0 fully saturated rings. The Morgan fingerprint density at radius 3 is 2.29 bits per heavy atom. The van der Waals surface area contributed by atoms with Crippen molar-refractivity contribution in [2.24, 2.45) is 21.8 Å². The summed E-state index contributed by atoms with van der Waals surface area (Å²) >= 11 is 0. The van der Waals surface area contributed by atoms with Gasteiger partial charge in [-0.3, -0.25) is 9.78 Å². The zero-order valence-corrected chi connectivity index (χ0v) is 26.3. The number of amides is 2. The number of amidine groups is 1. The van der Waals surface area contributed by atoms with E-state index in [9.17, 15) is 18.0 Å². The number of aliphatic imine (C=N–C) groups is 1. The van der Waals surface area contributed by atoms with Gasteiger partial charge in [0.25, 0.3) is 0 Å². The molecular weight excluding hydrogens is 590 g/mol. The predicted molar refractivity (Wildman–Crippen MR) is 174 cm³/mol. The Hall–Kier alpha value is -4.87. The normalized spacial score (nSPS) is 12.5. The van der Waals surface area contributed by atoms with Crippen molar-refractivity contribution < 1.29 is 22.7 Å². The molecule has 1 heterocycles. The first-order valence-corrected chi connectivity index (χ1v) is 16.0. The van der Waals surface area contributed by atoms with Gasteiger partial charge in [-0.25, -0.2) is 18.4 Å². The number of rotatable bonds is 11. The highest BCUT2D eigenvalue weighted by atomic mass is 32.2. The first-order chi connectivity index (χ1) is 21.4. The van der Waals surface area contributed by atoms with E-state index in [1.54, 1.807) is 84.8 Å². The Labute approximate surface area is 263 Å². The van der Waals surface area contributed by atoms with Crippen LogP contribution in [0.1, 0.15) is 49.3 Å². The third kappa shape index (κ3) is 9.31. The van der Waals surface area contributed by atoms with Gasteiger partial charge >= 0.3 is 6.09 Å². The van der Waals surface area contributed by atoms with Crippen molar-refractivity contribution in [1.29, 1.82) is 0 Å². The minimum atomic E-state index is -3.89. The van der Waals surface area contributed by atoms with Crippen molar-refractivity contribution >= 4 is 27.9 Å². The number of nitrogens with two attached hydrogens (primary N) is 2. The minimum Gasteiger partial charge on any atom is -0.438 e. The molecule has 10 nitrogen and oxygen atoms in total. The van der Waals surface area contributed by atoms with Crippen molar-refractivity contribution in [2.75, 3.05) is 6.54 Å². The molecule has 234 valence electrons. The Kier molecular flexibility index (Phi) is 10.8. The molecule has 45 heavy (non-hydrogen) atoms. The molecule has 0 aliphatic carbocycles. The molecular formula is C34H37N5O5S. The first-order valence-electron chi connectivity index (χ1n) is 14.4. The van der Waals surface area contributed by atoms with Crippen LogP contribution in [0.3, 0.4) is 0 Å². The summed E-state index contributed by atoms with van der Waals surface area (Å²) in [4.78, 5) is 35.8. The maximum Gasteiger partial charge on any atom is 0.436 e. The van der Waals surface area contributed by atoms with E-state index >= 15 is 0 Å². The van der Waals surface area contributed by atoms with E-state index in [0.29, 0.717) is 35.5 Å². The Bertz CT molecular complexity index is 1770. The molecule has 4 rings (SSSR count). The van der Waals surface area contributed by atoms with Crippen LogP contribution in [-0.4, -0.2) is 42.7 Å². The zero-order chi connectivity index (χ0) is 32.6. The monoisotopic (exact) mass is 627 g/mol. The second kappa shape index (κ2) is 14.7. The summed E-state index contributed by atoms with van der Waals surface area (Å²) in [6.45, 7) is 6.64. The highest BCUT2D eigenvalue weighted by molar-refractivity contribution is 7.89. The van der Waals surface area contributed by atoms with Gasteiger partial charge in [-0.2, -0.15) is 4.99 Å². The number of ether oxygens (including phenoxy) is 1. The second-order valence-electron chi connectivity index (χ2n) is 11.1. The number of benzene rings is 3. The zero-order valence-electron chi connectivity index (χ0n) is 25.5. The molecule has 0 saturated carbocycles. The average Bonchev–Trinajstić information content (AvgIpc) is 3.01. The van der Waals surface area contributed by atoms with Crippen LogP contribution in [0.25, 0.3) is 11.1 Å². The van der Waals surface area contributed by atoms with Crippen LogP contribution in [-0.2, 0) is 32.5 Å². The number of carbonyl (C=O) groups is 2. The first kappa shape index (κ1) is 33.0. The third-order valence-electron chi connectivity index (χ3n) is 6.94. The van der Waals surface area contributed by atoms with Crippen molar-refractivity contribution in [3.8, 4) is 11.1 Å². The number of pyridine rings is 1. The Balaban J connectivity index is 1.45. The average molecular weight is 628 g/mol. The Morgan fingerprint density at radius 2 is 1.62 bits per heavy atom. The van der Waals surface area contributed by atoms with E-state index < -0.39 is 22.2 Å². The molecule has 4 N–H and O–H groups in total. The van der Waals surface area contributed by atoms with Crippen LogP contribution in [0.2, 0.25) is 0 Å². The van der Waals surface area contributed by atoms with Crippen LogP contribution >= 0.6 is 0 Å². The summed E-state index contributed by atoms with van der Waals surface area (Å²) in [6, 6.07) is 26.3. The van der Waals surface area contributed by atoms with Gasteiger partial charge in [0.1, 0.15) is 11.9 Å². The number of hydrogen-bond donors (Lipinski definition) is 2. The van der Waals surface area contributed by atoms with Crippen LogP contribution in [0.5, 0.6) is 0 Å². The number of carbonyl (C=O) groups excluding carboxylic acids is 2. The minimum absolute atomic E-state index is 0.000839. The van der Waals surface area contributed by atoms with Crippen molar-refractivity contribution in [1.82, 2.24) is 9.88 Å². The smallest absolute Gasteiger partial charge is 0.436 e. The van der Waals surface area contributed by atoms with Crippen molar-refractivity contribution in [3.05, 3.63) is 120 Å². The molecule has 2 amide bonds. The van der Waals surface area contributed by atoms with Crippen molar-refractivity contribution in [2.45, 2.75) is 44.7 Å². The van der Waals surface area contributed by atoms with Gasteiger partial charge in [-0.1, -0.05) is 80.6 Å². The lowest BCUT2D eigenvalue weighted by atomic mass is 10.0. The largest absolute Gasteiger partial charge is 0.438 e. The van der Waals surface area contributed by atoms with Gasteiger partial charge < -0.3 is 15.4 Å².